The van der Waals surface area contributed by atoms with Crippen molar-refractivity contribution in [3.8, 4) is 10.4 Å². The van der Waals surface area contributed by atoms with Crippen molar-refractivity contribution in [2.75, 3.05) is 5.32 Å². The van der Waals surface area contributed by atoms with Crippen molar-refractivity contribution in [1.82, 2.24) is 0 Å². The number of benzene rings is 1. The van der Waals surface area contributed by atoms with E-state index in [2.05, 4.69) is 5.32 Å². The van der Waals surface area contributed by atoms with E-state index in [1.54, 1.807) is 19.1 Å². The molecule has 0 bridgehead atoms. The first-order valence-electron chi connectivity index (χ1n) is 5.65. The summed E-state index contributed by atoms with van der Waals surface area (Å²) in [6, 6.07) is 5.15. The lowest BCUT2D eigenvalue weighted by Gasteiger charge is -2.01. The minimum absolute atomic E-state index is 0.188. The van der Waals surface area contributed by atoms with Crippen LogP contribution in [0.4, 0.5) is 14.2 Å². The van der Waals surface area contributed by atoms with Gasteiger partial charge in [0.05, 0.1) is 5.56 Å². The van der Waals surface area contributed by atoms with E-state index >= 15 is 0 Å². The Bertz CT molecular complexity index is 697. The number of nitrogens with one attached hydrogen (secondary N) is 1. The van der Waals surface area contributed by atoms with E-state index in [0.717, 1.165) is 11.3 Å². The molecule has 3 amide bonds. The molecule has 104 valence electrons. The largest absolute Gasteiger partial charge is 0.365 e. The van der Waals surface area contributed by atoms with Gasteiger partial charge < -0.3 is 11.5 Å². The van der Waals surface area contributed by atoms with Gasteiger partial charge in [-0.1, -0.05) is 12.1 Å². The van der Waals surface area contributed by atoms with Gasteiger partial charge in [-0.15, -0.1) is 11.3 Å². The van der Waals surface area contributed by atoms with Crippen LogP contribution in [-0.4, -0.2) is 11.9 Å². The van der Waals surface area contributed by atoms with Crippen LogP contribution in [0.3, 0.4) is 0 Å². The van der Waals surface area contributed by atoms with Crippen LogP contribution in [0.15, 0.2) is 24.3 Å². The molecule has 0 unspecified atom stereocenters. The molecule has 5 nitrogen and oxygen atoms in total. The lowest BCUT2D eigenvalue weighted by atomic mass is 10.1. The van der Waals surface area contributed by atoms with Crippen LogP contribution in [0.1, 0.15) is 15.9 Å². The van der Waals surface area contributed by atoms with Crippen LogP contribution >= 0.6 is 11.3 Å². The average Bonchev–Trinajstić information content (AvgIpc) is 2.65. The summed E-state index contributed by atoms with van der Waals surface area (Å²) in [6.45, 7) is 1.68. The molecule has 0 fully saturated rings. The second kappa shape index (κ2) is 5.30. The van der Waals surface area contributed by atoms with Crippen LogP contribution in [0.25, 0.3) is 10.4 Å². The minimum atomic E-state index is -0.792. The standard InChI is InChI=1S/C13H12FN3O2S/c1-6-9(11(15)18)12(17-13(16)19)20-10(6)7-3-2-4-8(14)5-7/h2-5H,1H3,(H2,15,18)(H3,16,17,19). The Morgan fingerprint density at radius 2 is 2.00 bits per heavy atom. The number of amides is 3. The lowest BCUT2D eigenvalue weighted by Crippen LogP contribution is -2.21. The summed E-state index contributed by atoms with van der Waals surface area (Å²) >= 11 is 1.13. The van der Waals surface area contributed by atoms with Crippen molar-refractivity contribution in [3.05, 3.63) is 41.2 Å². The molecule has 0 aliphatic rings. The zero-order chi connectivity index (χ0) is 14.9. The third kappa shape index (κ3) is 2.62. The molecule has 0 aliphatic carbocycles. The predicted molar refractivity (Wildman–Crippen MR) is 76.2 cm³/mol. The van der Waals surface area contributed by atoms with Gasteiger partial charge >= 0.3 is 6.03 Å². The van der Waals surface area contributed by atoms with Gasteiger partial charge in [-0.05, 0) is 30.2 Å². The number of hydrogen-bond donors (Lipinski definition) is 3. The number of thiophene rings is 1. The van der Waals surface area contributed by atoms with Crippen molar-refractivity contribution < 1.29 is 14.0 Å². The van der Waals surface area contributed by atoms with Gasteiger partial charge in [0, 0.05) is 4.88 Å². The molecule has 1 heterocycles. The van der Waals surface area contributed by atoms with Crippen LogP contribution in [0.2, 0.25) is 0 Å². The molecule has 20 heavy (non-hydrogen) atoms. The number of halogens is 1. The second-order valence-electron chi connectivity index (χ2n) is 4.12. The molecule has 0 radical (unpaired) electrons. The van der Waals surface area contributed by atoms with Gasteiger partial charge in [-0.2, -0.15) is 0 Å². The maximum absolute atomic E-state index is 13.3. The number of carbonyl (C=O) groups is 2. The lowest BCUT2D eigenvalue weighted by molar-refractivity contribution is 0.100. The molecule has 0 spiro atoms. The van der Waals surface area contributed by atoms with Gasteiger partial charge in [-0.3, -0.25) is 10.1 Å². The van der Waals surface area contributed by atoms with Crippen molar-refractivity contribution in [2.45, 2.75) is 6.92 Å². The number of carbonyl (C=O) groups excluding carboxylic acids is 2. The first kappa shape index (κ1) is 14.0. The molecule has 1 aromatic carbocycles. The molecule has 0 saturated carbocycles. The van der Waals surface area contributed by atoms with Gasteiger partial charge in [-0.25, -0.2) is 9.18 Å². The molecule has 5 N–H and O–H groups in total. The van der Waals surface area contributed by atoms with E-state index in [1.165, 1.54) is 12.1 Å². The number of urea groups is 1. The maximum Gasteiger partial charge on any atom is 0.317 e. The van der Waals surface area contributed by atoms with Crippen molar-refractivity contribution in [2.24, 2.45) is 11.5 Å². The average molecular weight is 293 g/mol. The summed E-state index contributed by atoms with van der Waals surface area (Å²) in [7, 11) is 0. The van der Waals surface area contributed by atoms with Crippen molar-refractivity contribution in [3.63, 3.8) is 0 Å². The zero-order valence-electron chi connectivity index (χ0n) is 10.6. The number of primary amides is 2. The SMILES string of the molecule is Cc1c(-c2cccc(F)c2)sc(NC(N)=O)c1C(N)=O. The normalized spacial score (nSPS) is 10.3. The van der Waals surface area contributed by atoms with Crippen LogP contribution in [-0.2, 0) is 0 Å². The van der Waals surface area contributed by atoms with Crippen LogP contribution in [0.5, 0.6) is 0 Å². The fraction of sp³-hybridized carbons (Fsp3) is 0.0769. The van der Waals surface area contributed by atoms with E-state index in [1.807, 2.05) is 0 Å². The quantitative estimate of drug-likeness (QED) is 0.810. The molecule has 0 atom stereocenters. The summed E-state index contributed by atoms with van der Waals surface area (Å²) < 4.78 is 13.3. The smallest absolute Gasteiger partial charge is 0.317 e. The molecule has 1 aromatic heterocycles. The Balaban J connectivity index is 2.60. The number of rotatable bonds is 3. The highest BCUT2D eigenvalue weighted by molar-refractivity contribution is 7.20. The van der Waals surface area contributed by atoms with E-state index in [4.69, 9.17) is 11.5 Å². The summed E-state index contributed by atoms with van der Waals surface area (Å²) in [4.78, 5) is 23.1. The summed E-state index contributed by atoms with van der Waals surface area (Å²) in [5.41, 5.74) is 11.7. The van der Waals surface area contributed by atoms with E-state index in [9.17, 15) is 14.0 Å². The summed E-state index contributed by atoms with van der Waals surface area (Å²) in [5.74, 6) is -1.06. The Morgan fingerprint density at radius 3 is 2.55 bits per heavy atom. The molecule has 2 aromatic rings. The van der Waals surface area contributed by atoms with Gasteiger partial charge in [0.15, 0.2) is 0 Å². The minimum Gasteiger partial charge on any atom is -0.365 e. The fourth-order valence-corrected chi connectivity index (χ4v) is 3.13. The Kier molecular flexibility index (Phi) is 3.71. The highest BCUT2D eigenvalue weighted by atomic mass is 32.1. The monoisotopic (exact) mass is 293 g/mol. The Morgan fingerprint density at radius 1 is 1.30 bits per heavy atom. The maximum atomic E-state index is 13.3. The van der Waals surface area contributed by atoms with E-state index in [-0.39, 0.29) is 16.4 Å². The number of anilines is 1. The molecule has 7 heteroatoms. The van der Waals surface area contributed by atoms with Crippen molar-refractivity contribution >= 4 is 28.3 Å². The van der Waals surface area contributed by atoms with E-state index in [0.29, 0.717) is 16.0 Å². The molecular formula is C13H12FN3O2S. The summed E-state index contributed by atoms with van der Waals surface area (Å²) in [6.07, 6.45) is 0. The topological polar surface area (TPSA) is 98.2 Å². The van der Waals surface area contributed by atoms with Gasteiger partial charge in [0.2, 0.25) is 0 Å². The molecule has 0 aliphatic heterocycles. The first-order chi connectivity index (χ1) is 9.40. The van der Waals surface area contributed by atoms with E-state index < -0.39 is 11.9 Å². The van der Waals surface area contributed by atoms with Crippen molar-refractivity contribution in [1.29, 1.82) is 0 Å². The van der Waals surface area contributed by atoms with Crippen LogP contribution in [0, 0.1) is 12.7 Å². The Labute approximate surface area is 118 Å². The summed E-state index contributed by atoms with van der Waals surface area (Å²) in [5, 5.41) is 2.63. The number of nitrogens with two attached hydrogens (primary N) is 2. The zero-order valence-corrected chi connectivity index (χ0v) is 11.4. The number of hydrogen-bond acceptors (Lipinski definition) is 3. The van der Waals surface area contributed by atoms with Crippen LogP contribution < -0.4 is 16.8 Å². The molecular weight excluding hydrogens is 281 g/mol. The predicted octanol–water partition coefficient (Wildman–Crippen LogP) is 2.45. The highest BCUT2D eigenvalue weighted by Crippen LogP contribution is 2.39. The highest BCUT2D eigenvalue weighted by Gasteiger charge is 2.21. The Hall–Kier alpha value is -2.41. The second-order valence-corrected chi connectivity index (χ2v) is 5.14. The molecule has 0 saturated heterocycles. The van der Waals surface area contributed by atoms with Gasteiger partial charge in [0.1, 0.15) is 10.8 Å². The third-order valence-electron chi connectivity index (χ3n) is 2.72. The van der Waals surface area contributed by atoms with Gasteiger partial charge in [0.25, 0.3) is 5.91 Å². The molecule has 2 rings (SSSR count). The third-order valence-corrected chi connectivity index (χ3v) is 3.97. The first-order valence-corrected chi connectivity index (χ1v) is 6.47. The fourth-order valence-electron chi connectivity index (χ4n) is 1.92.